The highest BCUT2D eigenvalue weighted by Gasteiger charge is 2.64. The minimum atomic E-state index is -2.92. The fraction of sp³-hybridized carbons (Fsp3) is 0.917. The molecule has 3 nitrogen and oxygen atoms in total. The van der Waals surface area contributed by atoms with Crippen molar-refractivity contribution in [1.29, 1.82) is 0 Å². The molecular formula is C24H36F2O3. The van der Waals surface area contributed by atoms with Gasteiger partial charge in [-0.2, -0.15) is 8.78 Å². The number of hydrogen-bond donors (Lipinski definition) is 1. The summed E-state index contributed by atoms with van der Waals surface area (Å²) in [5.41, 5.74) is -0.140. The molecule has 2 unspecified atom stereocenters. The molecule has 3 saturated carbocycles. The van der Waals surface area contributed by atoms with Crippen LogP contribution in [0.25, 0.3) is 0 Å². The smallest absolute Gasteiger partial charge is 0.295 e. The van der Waals surface area contributed by atoms with E-state index in [1.165, 1.54) is 0 Å². The first-order chi connectivity index (χ1) is 13.8. The van der Waals surface area contributed by atoms with E-state index in [4.69, 9.17) is 9.47 Å². The normalized spacial score (nSPS) is 51.6. The summed E-state index contributed by atoms with van der Waals surface area (Å²) in [7, 11) is 0. The van der Waals surface area contributed by atoms with E-state index in [1.807, 2.05) is 6.08 Å². The Hall–Kier alpha value is -0.520. The van der Waals surface area contributed by atoms with Crippen LogP contribution in [0.4, 0.5) is 8.78 Å². The molecule has 5 heteroatoms. The fourth-order valence-corrected chi connectivity index (χ4v) is 7.84. The van der Waals surface area contributed by atoms with Crippen LogP contribution in [-0.2, 0) is 9.47 Å². The van der Waals surface area contributed by atoms with Crippen LogP contribution >= 0.6 is 0 Å². The van der Waals surface area contributed by atoms with Gasteiger partial charge < -0.3 is 14.6 Å². The van der Waals surface area contributed by atoms with Crippen LogP contribution in [0.3, 0.4) is 0 Å². The zero-order valence-corrected chi connectivity index (χ0v) is 17.8. The van der Waals surface area contributed by atoms with E-state index >= 15 is 8.78 Å². The number of hydrogen-bond acceptors (Lipinski definition) is 3. The van der Waals surface area contributed by atoms with Crippen molar-refractivity contribution in [3.8, 4) is 0 Å². The Kier molecular flexibility index (Phi) is 4.92. The van der Waals surface area contributed by atoms with Crippen LogP contribution in [0.2, 0.25) is 0 Å². The van der Waals surface area contributed by atoms with Crippen LogP contribution in [0.15, 0.2) is 11.6 Å². The number of allylic oxidation sites excluding steroid dienone is 1. The molecule has 4 aliphatic carbocycles. The van der Waals surface area contributed by atoms with Crippen molar-refractivity contribution in [3.63, 3.8) is 0 Å². The second-order valence-corrected chi connectivity index (χ2v) is 10.9. The van der Waals surface area contributed by atoms with E-state index in [0.717, 1.165) is 57.8 Å². The molecule has 0 spiro atoms. The highest BCUT2D eigenvalue weighted by atomic mass is 19.3. The average Bonchev–Trinajstić information content (AvgIpc) is 3.00. The van der Waals surface area contributed by atoms with Crippen LogP contribution in [0.5, 0.6) is 0 Å². The van der Waals surface area contributed by atoms with Gasteiger partial charge in [0.25, 0.3) is 5.92 Å². The molecule has 0 aromatic heterocycles. The average molecular weight is 411 g/mol. The number of halogens is 2. The van der Waals surface area contributed by atoms with Gasteiger partial charge in [0.15, 0.2) is 6.29 Å². The Morgan fingerprint density at radius 2 is 1.86 bits per heavy atom. The van der Waals surface area contributed by atoms with Gasteiger partial charge in [-0.3, -0.25) is 0 Å². The zero-order valence-electron chi connectivity index (χ0n) is 17.8. The van der Waals surface area contributed by atoms with Gasteiger partial charge in [-0.05, 0) is 92.8 Å². The van der Waals surface area contributed by atoms with Crippen LogP contribution < -0.4 is 0 Å². The molecule has 0 aromatic carbocycles. The SMILES string of the molecule is C[C@]12CC[C@H]3[C@@H](CC=C4C(F)(F)C(OC5CCCCO5)CC[C@@]43C)[C@@H]1CC[C@@H]2O. The summed E-state index contributed by atoms with van der Waals surface area (Å²) in [5.74, 6) is -1.74. The van der Waals surface area contributed by atoms with Crippen LogP contribution in [0.1, 0.15) is 78.1 Å². The van der Waals surface area contributed by atoms with Gasteiger partial charge in [-0.25, -0.2) is 0 Å². The lowest BCUT2D eigenvalue weighted by molar-refractivity contribution is -0.246. The van der Waals surface area contributed by atoms with Crippen LogP contribution in [0, 0.1) is 28.6 Å². The molecule has 0 amide bonds. The first kappa shape index (κ1) is 20.4. The second kappa shape index (κ2) is 7.00. The van der Waals surface area contributed by atoms with Gasteiger partial charge in [0.1, 0.15) is 6.10 Å². The molecule has 5 aliphatic rings. The number of fused-ring (bicyclic) bond motifs is 5. The highest BCUT2D eigenvalue weighted by Crippen LogP contribution is 2.66. The number of alkyl halides is 2. The third-order valence-electron chi connectivity index (χ3n) is 9.56. The Morgan fingerprint density at radius 1 is 1.03 bits per heavy atom. The Labute approximate surface area is 173 Å². The quantitative estimate of drug-likeness (QED) is 0.614. The molecular weight excluding hydrogens is 374 g/mol. The molecule has 5 rings (SSSR count). The minimum Gasteiger partial charge on any atom is -0.393 e. The number of rotatable bonds is 2. The molecule has 1 heterocycles. The van der Waals surface area contributed by atoms with Crippen LogP contribution in [-0.4, -0.2) is 36.1 Å². The first-order valence-corrected chi connectivity index (χ1v) is 11.8. The van der Waals surface area contributed by atoms with Crippen molar-refractivity contribution in [1.82, 2.24) is 0 Å². The van der Waals surface area contributed by atoms with Gasteiger partial charge >= 0.3 is 0 Å². The van der Waals surface area contributed by atoms with Crippen molar-refractivity contribution in [3.05, 3.63) is 11.6 Å². The first-order valence-electron chi connectivity index (χ1n) is 11.8. The lowest BCUT2D eigenvalue weighted by Crippen LogP contribution is -2.57. The maximum atomic E-state index is 15.7. The largest absolute Gasteiger partial charge is 0.393 e. The molecule has 1 saturated heterocycles. The molecule has 1 N–H and O–H groups in total. The summed E-state index contributed by atoms with van der Waals surface area (Å²) in [6, 6.07) is 0. The monoisotopic (exact) mass is 410 g/mol. The minimum absolute atomic E-state index is 0.0238. The standard InChI is InChI=1S/C24H36F2O3/c1-22-13-11-20(29-21-5-3-4-14-28-21)24(25,26)18(22)8-6-15-16-7-9-19(27)23(16,2)12-10-17(15)22/h8,15-17,19-21,27H,3-7,9-14H2,1-2H3/t15-,16-,17-,19-,20?,21?,22+,23-/m0/s1. The number of ether oxygens (including phenoxy) is 2. The van der Waals surface area contributed by atoms with E-state index in [0.29, 0.717) is 36.4 Å². The molecule has 0 bridgehead atoms. The van der Waals surface area contributed by atoms with Crippen molar-refractivity contribution in [2.45, 2.75) is 102 Å². The van der Waals surface area contributed by atoms with E-state index in [1.54, 1.807) is 0 Å². The third-order valence-corrected chi connectivity index (χ3v) is 9.56. The Bertz CT molecular complexity index is 673. The van der Waals surface area contributed by atoms with Gasteiger partial charge in [-0.15, -0.1) is 0 Å². The van der Waals surface area contributed by atoms with Crippen molar-refractivity contribution in [2.75, 3.05) is 6.61 Å². The van der Waals surface area contributed by atoms with E-state index in [2.05, 4.69) is 13.8 Å². The van der Waals surface area contributed by atoms with Gasteiger partial charge in [0, 0.05) is 12.2 Å². The lowest BCUT2D eigenvalue weighted by atomic mass is 9.47. The van der Waals surface area contributed by atoms with Gasteiger partial charge in [0.2, 0.25) is 0 Å². The molecule has 29 heavy (non-hydrogen) atoms. The topological polar surface area (TPSA) is 38.7 Å². The predicted molar refractivity (Wildman–Crippen MR) is 107 cm³/mol. The molecule has 0 aromatic rings. The maximum Gasteiger partial charge on any atom is 0.295 e. The van der Waals surface area contributed by atoms with Crippen molar-refractivity contribution < 1.29 is 23.4 Å². The van der Waals surface area contributed by atoms with E-state index in [9.17, 15) is 5.11 Å². The summed E-state index contributed by atoms with van der Waals surface area (Å²) < 4.78 is 42.8. The van der Waals surface area contributed by atoms with Crippen molar-refractivity contribution >= 4 is 0 Å². The number of aliphatic hydroxyl groups excluding tert-OH is 1. The summed E-state index contributed by atoms with van der Waals surface area (Å²) in [4.78, 5) is 0. The van der Waals surface area contributed by atoms with Gasteiger partial charge in [0.05, 0.1) is 6.10 Å². The molecule has 0 radical (unpaired) electrons. The van der Waals surface area contributed by atoms with E-state index in [-0.39, 0.29) is 11.5 Å². The lowest BCUT2D eigenvalue weighted by Gasteiger charge is -2.59. The summed E-state index contributed by atoms with van der Waals surface area (Å²) >= 11 is 0. The fourth-order valence-electron chi connectivity index (χ4n) is 7.84. The highest BCUT2D eigenvalue weighted by molar-refractivity contribution is 5.32. The Morgan fingerprint density at radius 3 is 2.62 bits per heavy atom. The Balaban J connectivity index is 1.40. The summed E-state index contributed by atoms with van der Waals surface area (Å²) in [6.45, 7) is 4.93. The summed E-state index contributed by atoms with van der Waals surface area (Å²) in [5, 5.41) is 10.6. The summed E-state index contributed by atoms with van der Waals surface area (Å²) in [6.07, 6.45) is 8.50. The van der Waals surface area contributed by atoms with Crippen molar-refractivity contribution in [2.24, 2.45) is 28.6 Å². The van der Waals surface area contributed by atoms with E-state index < -0.39 is 23.7 Å². The third kappa shape index (κ3) is 2.97. The molecule has 4 fully saturated rings. The zero-order chi connectivity index (χ0) is 20.4. The maximum absolute atomic E-state index is 15.7. The predicted octanol–water partition coefficient (Wildman–Crippen LogP) is 5.47. The molecule has 1 aliphatic heterocycles. The number of aliphatic hydroxyl groups is 1. The second-order valence-electron chi connectivity index (χ2n) is 10.9. The molecule has 8 atom stereocenters. The molecule has 164 valence electrons. The van der Waals surface area contributed by atoms with Gasteiger partial charge in [-0.1, -0.05) is 19.9 Å².